The van der Waals surface area contributed by atoms with E-state index in [1.54, 1.807) is 30.6 Å². The minimum Gasteiger partial charge on any atom is -0.456 e. The number of carbonyl (C=O) groups is 1. The summed E-state index contributed by atoms with van der Waals surface area (Å²) in [5, 5.41) is 0.300. The van der Waals surface area contributed by atoms with Gasteiger partial charge < -0.3 is 4.74 Å². The number of nitrogens with zero attached hydrogens (tertiary/aromatic N) is 2. The van der Waals surface area contributed by atoms with Crippen LogP contribution in [-0.2, 0) is 11.3 Å². The summed E-state index contributed by atoms with van der Waals surface area (Å²) < 4.78 is 5.22. The number of hydrogen-bond acceptors (Lipinski definition) is 4. The summed E-state index contributed by atoms with van der Waals surface area (Å²) in [6.45, 7) is 4.18. The summed E-state index contributed by atoms with van der Waals surface area (Å²) in [4.78, 5) is 20.2. The molecule has 0 saturated heterocycles. The Morgan fingerprint density at radius 3 is 2.60 bits per heavy atom. The van der Waals surface area contributed by atoms with Crippen LogP contribution in [0.5, 0.6) is 0 Å². The van der Waals surface area contributed by atoms with Crippen molar-refractivity contribution < 1.29 is 9.53 Å². The van der Waals surface area contributed by atoms with Crippen LogP contribution in [0.3, 0.4) is 0 Å². The van der Waals surface area contributed by atoms with Crippen LogP contribution in [-0.4, -0.2) is 15.9 Å². The summed E-state index contributed by atoms with van der Waals surface area (Å²) in [5.41, 5.74) is 1.83. The largest absolute Gasteiger partial charge is 0.456 e. The van der Waals surface area contributed by atoms with Crippen LogP contribution in [0.15, 0.2) is 36.7 Å². The molecule has 4 nitrogen and oxygen atoms in total. The topological polar surface area (TPSA) is 52.1 Å². The third-order valence-electron chi connectivity index (χ3n) is 2.77. The molecule has 0 aliphatic carbocycles. The number of esters is 1. The number of hydrogen-bond donors (Lipinski definition) is 0. The predicted molar refractivity (Wildman–Crippen MR) is 76.7 cm³/mol. The normalized spacial score (nSPS) is 10.6. The maximum Gasteiger partial charge on any atom is 0.358 e. The van der Waals surface area contributed by atoms with Crippen molar-refractivity contribution in [2.45, 2.75) is 26.4 Å². The zero-order valence-corrected chi connectivity index (χ0v) is 12.1. The molecule has 0 aliphatic rings. The predicted octanol–water partition coefficient (Wildman–Crippen LogP) is 3.61. The van der Waals surface area contributed by atoms with Gasteiger partial charge >= 0.3 is 5.97 Å². The summed E-state index contributed by atoms with van der Waals surface area (Å²) in [5.74, 6) is -0.298. The molecule has 0 aliphatic heterocycles. The average Bonchev–Trinajstić information content (AvgIpc) is 2.46. The number of aromatic nitrogens is 2. The Morgan fingerprint density at radius 1 is 1.25 bits per heavy atom. The molecule has 0 N–H and O–H groups in total. The molecule has 0 unspecified atom stereocenters. The Kier molecular flexibility index (Phi) is 4.69. The van der Waals surface area contributed by atoms with E-state index in [9.17, 15) is 4.79 Å². The Morgan fingerprint density at radius 2 is 1.95 bits per heavy atom. The molecule has 20 heavy (non-hydrogen) atoms. The second kappa shape index (κ2) is 6.48. The van der Waals surface area contributed by atoms with Gasteiger partial charge in [-0.2, -0.15) is 0 Å². The summed E-state index contributed by atoms with van der Waals surface area (Å²) in [6, 6.07) is 7.05. The maximum atomic E-state index is 12.0. The summed E-state index contributed by atoms with van der Waals surface area (Å²) in [6.07, 6.45) is 3.29. The van der Waals surface area contributed by atoms with Crippen molar-refractivity contribution in [2.24, 2.45) is 0 Å². The van der Waals surface area contributed by atoms with Gasteiger partial charge in [0.2, 0.25) is 0 Å². The lowest BCUT2D eigenvalue weighted by atomic mass is 10.1. The number of rotatable bonds is 4. The van der Waals surface area contributed by atoms with Gasteiger partial charge in [0.15, 0.2) is 5.69 Å². The molecule has 0 radical (unpaired) electrons. The van der Waals surface area contributed by atoms with Gasteiger partial charge in [-0.3, -0.25) is 4.98 Å². The lowest BCUT2D eigenvalue weighted by Gasteiger charge is -2.09. The first kappa shape index (κ1) is 14.5. The van der Waals surface area contributed by atoms with Gasteiger partial charge in [-0.05, 0) is 35.7 Å². The first-order chi connectivity index (χ1) is 9.58. The second-order valence-corrected chi connectivity index (χ2v) is 5.06. The summed E-state index contributed by atoms with van der Waals surface area (Å²) >= 11 is 6.00. The van der Waals surface area contributed by atoms with E-state index in [1.807, 2.05) is 19.9 Å². The fourth-order valence-electron chi connectivity index (χ4n) is 1.62. The van der Waals surface area contributed by atoms with Gasteiger partial charge in [-0.15, -0.1) is 0 Å². The van der Waals surface area contributed by atoms with Crippen LogP contribution in [0.1, 0.15) is 41.5 Å². The Labute approximate surface area is 122 Å². The molecule has 0 spiro atoms. The van der Waals surface area contributed by atoms with Crippen molar-refractivity contribution >= 4 is 17.6 Å². The van der Waals surface area contributed by atoms with Crippen LogP contribution in [0.2, 0.25) is 5.02 Å². The smallest absolute Gasteiger partial charge is 0.358 e. The Hall–Kier alpha value is -1.94. The standard InChI is InChI=1S/C15H15ClN2O2/c1-10(2)13-4-3-12(16)14(18-13)15(19)20-9-11-5-7-17-8-6-11/h3-8,10H,9H2,1-2H3. The van der Waals surface area contributed by atoms with E-state index in [2.05, 4.69) is 9.97 Å². The first-order valence-electron chi connectivity index (χ1n) is 6.30. The van der Waals surface area contributed by atoms with Crippen LogP contribution in [0, 0.1) is 0 Å². The first-order valence-corrected chi connectivity index (χ1v) is 6.68. The number of pyridine rings is 2. The number of carbonyl (C=O) groups excluding carboxylic acids is 1. The highest BCUT2D eigenvalue weighted by Gasteiger charge is 2.16. The lowest BCUT2D eigenvalue weighted by molar-refractivity contribution is 0.0465. The molecule has 2 rings (SSSR count). The highest BCUT2D eigenvalue weighted by Crippen LogP contribution is 2.20. The molecule has 104 valence electrons. The van der Waals surface area contributed by atoms with E-state index in [0.717, 1.165) is 11.3 Å². The molecule has 2 aromatic heterocycles. The third-order valence-corrected chi connectivity index (χ3v) is 3.08. The molecule has 0 fully saturated rings. The van der Waals surface area contributed by atoms with E-state index >= 15 is 0 Å². The van der Waals surface area contributed by atoms with E-state index in [0.29, 0.717) is 5.02 Å². The molecular formula is C15H15ClN2O2. The SMILES string of the molecule is CC(C)c1ccc(Cl)c(C(=O)OCc2ccncc2)n1. The molecular weight excluding hydrogens is 276 g/mol. The maximum absolute atomic E-state index is 12.0. The van der Waals surface area contributed by atoms with Gasteiger partial charge in [0.05, 0.1) is 5.02 Å². The van der Waals surface area contributed by atoms with Gasteiger partial charge in [0.25, 0.3) is 0 Å². The molecule has 0 aromatic carbocycles. The minimum absolute atomic E-state index is 0.159. The van der Waals surface area contributed by atoms with Crippen LogP contribution >= 0.6 is 11.6 Å². The quantitative estimate of drug-likeness (QED) is 0.807. The molecule has 0 amide bonds. The van der Waals surface area contributed by atoms with Crippen LogP contribution in [0.4, 0.5) is 0 Å². The Balaban J connectivity index is 2.11. The van der Waals surface area contributed by atoms with E-state index < -0.39 is 5.97 Å². The van der Waals surface area contributed by atoms with Crippen molar-refractivity contribution in [3.05, 3.63) is 58.6 Å². The van der Waals surface area contributed by atoms with Crippen molar-refractivity contribution in [3.8, 4) is 0 Å². The number of ether oxygens (including phenoxy) is 1. The second-order valence-electron chi connectivity index (χ2n) is 4.65. The zero-order valence-electron chi connectivity index (χ0n) is 11.3. The molecule has 0 bridgehead atoms. The molecule has 2 aromatic rings. The van der Waals surface area contributed by atoms with Gasteiger partial charge in [-0.25, -0.2) is 9.78 Å². The zero-order chi connectivity index (χ0) is 14.5. The molecule has 5 heteroatoms. The monoisotopic (exact) mass is 290 g/mol. The molecule has 0 atom stereocenters. The fraction of sp³-hybridized carbons (Fsp3) is 0.267. The minimum atomic E-state index is -0.519. The third kappa shape index (κ3) is 3.54. The lowest BCUT2D eigenvalue weighted by Crippen LogP contribution is -2.10. The van der Waals surface area contributed by atoms with Crippen LogP contribution < -0.4 is 0 Å². The van der Waals surface area contributed by atoms with Crippen molar-refractivity contribution in [1.29, 1.82) is 0 Å². The Bertz CT molecular complexity index is 600. The summed E-state index contributed by atoms with van der Waals surface area (Å²) in [7, 11) is 0. The molecule has 2 heterocycles. The van der Waals surface area contributed by atoms with Crippen LogP contribution in [0.25, 0.3) is 0 Å². The van der Waals surface area contributed by atoms with Gasteiger partial charge in [0, 0.05) is 18.1 Å². The average molecular weight is 291 g/mol. The highest BCUT2D eigenvalue weighted by molar-refractivity contribution is 6.33. The van der Waals surface area contributed by atoms with Gasteiger partial charge in [0.1, 0.15) is 6.61 Å². The highest BCUT2D eigenvalue weighted by atomic mass is 35.5. The van der Waals surface area contributed by atoms with Crippen molar-refractivity contribution in [2.75, 3.05) is 0 Å². The van der Waals surface area contributed by atoms with E-state index in [4.69, 9.17) is 16.3 Å². The van der Waals surface area contributed by atoms with Crippen molar-refractivity contribution in [1.82, 2.24) is 9.97 Å². The van der Waals surface area contributed by atoms with Crippen molar-refractivity contribution in [3.63, 3.8) is 0 Å². The fourth-order valence-corrected chi connectivity index (χ4v) is 1.80. The van der Waals surface area contributed by atoms with Gasteiger partial charge in [-0.1, -0.05) is 25.4 Å². The van der Waals surface area contributed by atoms with E-state index in [1.165, 1.54) is 0 Å². The van der Waals surface area contributed by atoms with E-state index in [-0.39, 0.29) is 18.2 Å². The number of halogens is 1. The molecule has 0 saturated carbocycles.